The molecule has 7 nitrogen and oxygen atoms in total. The van der Waals surface area contributed by atoms with Crippen molar-refractivity contribution in [2.24, 2.45) is 0 Å². The van der Waals surface area contributed by atoms with Crippen LogP contribution in [-0.2, 0) is 17.0 Å². The Morgan fingerprint density at radius 1 is 0.617 bits per heavy atom. The van der Waals surface area contributed by atoms with Crippen molar-refractivity contribution in [1.82, 2.24) is 0 Å². The van der Waals surface area contributed by atoms with Crippen molar-refractivity contribution in [2.75, 3.05) is 0 Å². The minimum Gasteiger partial charge on any atom is -0.457 e. The van der Waals surface area contributed by atoms with E-state index in [0.717, 1.165) is 60.4 Å². The third-order valence-electron chi connectivity index (χ3n) is 7.82. The summed E-state index contributed by atoms with van der Waals surface area (Å²) in [6, 6.07) is 32.1. The summed E-state index contributed by atoms with van der Waals surface area (Å²) >= 11 is 0. The minimum absolute atomic E-state index is 0.309. The summed E-state index contributed by atoms with van der Waals surface area (Å²) in [5.41, 5.74) is 3.47. The van der Waals surface area contributed by atoms with Crippen LogP contribution in [0.3, 0.4) is 0 Å². The normalized spacial score (nSPS) is 11.1. The van der Waals surface area contributed by atoms with Crippen molar-refractivity contribution in [3.05, 3.63) is 130 Å². The van der Waals surface area contributed by atoms with Crippen molar-refractivity contribution in [3.63, 3.8) is 0 Å². The van der Waals surface area contributed by atoms with Crippen LogP contribution in [0.1, 0.15) is 35.1 Å². The Morgan fingerprint density at radius 2 is 1.02 bits per heavy atom. The van der Waals surface area contributed by atoms with E-state index in [1.54, 1.807) is 36.4 Å². The molecule has 0 radical (unpaired) electrons. The Hall–Kier alpha value is -5.17. The number of hydrogen-bond acceptors (Lipinski definition) is 5. The van der Waals surface area contributed by atoms with Gasteiger partial charge in [-0.25, -0.2) is 9.69 Å². The Bertz CT molecular complexity index is 1760. The molecule has 4 aromatic rings. The van der Waals surface area contributed by atoms with Crippen LogP contribution in [0.4, 0.5) is 11.4 Å². The van der Waals surface area contributed by atoms with E-state index in [4.69, 9.17) is 26.7 Å². The SMILES string of the molecule is [C-]#[N+]c1ccc(Oc2ccccc2CCC[Si](C)(C)O[Si](C)(C)CCCc2ccccc2Oc2ccc([N+]#[C-])c(C#N)c2)cc1C#N. The predicted octanol–water partition coefficient (Wildman–Crippen LogP) is 11.1. The van der Waals surface area contributed by atoms with Crippen LogP contribution >= 0.6 is 0 Å². The number of aryl methyl sites for hydroxylation is 2. The zero-order valence-corrected chi connectivity index (χ0v) is 29.3. The van der Waals surface area contributed by atoms with E-state index in [0.29, 0.717) is 34.0 Å². The summed E-state index contributed by atoms with van der Waals surface area (Å²) in [5.74, 6) is 2.61. The average molecular weight is 655 g/mol. The zero-order valence-electron chi connectivity index (χ0n) is 27.3. The summed E-state index contributed by atoms with van der Waals surface area (Å²) in [5, 5.41) is 18.8. The molecule has 0 fully saturated rings. The molecule has 9 heteroatoms. The van der Waals surface area contributed by atoms with E-state index in [9.17, 15) is 10.5 Å². The van der Waals surface area contributed by atoms with Gasteiger partial charge < -0.3 is 13.6 Å². The van der Waals surface area contributed by atoms with Crippen molar-refractivity contribution >= 4 is 28.0 Å². The highest BCUT2D eigenvalue weighted by Crippen LogP contribution is 2.33. The van der Waals surface area contributed by atoms with Crippen LogP contribution in [0.5, 0.6) is 23.0 Å². The highest BCUT2D eigenvalue weighted by atomic mass is 28.4. The summed E-state index contributed by atoms with van der Waals surface area (Å²) < 4.78 is 19.3. The third kappa shape index (κ3) is 9.91. The lowest BCUT2D eigenvalue weighted by Crippen LogP contribution is -2.44. The number of rotatable bonds is 14. The molecule has 47 heavy (non-hydrogen) atoms. The molecule has 0 aliphatic carbocycles. The standard InChI is InChI=1S/C38H38N4O3Si2/c1-41-35-21-19-33(25-31(35)27-39)43-37-17-9-7-13-29(37)15-11-23-46(3,4)45-47(5,6)24-12-16-30-14-8-10-18-38(30)44-34-20-22-36(42-2)32(26-34)28-40/h7-10,13-14,17-22,25-26H,11-12,15-16,23-24H2,3-6H3. The van der Waals surface area contributed by atoms with Gasteiger partial charge in [-0.3, -0.25) is 0 Å². The molecule has 236 valence electrons. The number of hydrogen-bond donors (Lipinski definition) is 0. The molecule has 0 saturated heterocycles. The third-order valence-corrected chi connectivity index (χ3v) is 15.4. The second-order valence-electron chi connectivity index (χ2n) is 12.6. The van der Waals surface area contributed by atoms with E-state index in [1.165, 1.54) is 0 Å². The van der Waals surface area contributed by atoms with Crippen LogP contribution in [0.2, 0.25) is 38.3 Å². The number of nitrogens with zero attached hydrogens (tertiary/aromatic N) is 4. The molecule has 0 amide bonds. The first-order valence-corrected chi connectivity index (χ1v) is 21.8. The summed E-state index contributed by atoms with van der Waals surface area (Å²) in [7, 11) is -3.86. The molecule has 0 atom stereocenters. The number of para-hydroxylation sites is 2. The van der Waals surface area contributed by atoms with E-state index in [2.05, 4.69) is 60.1 Å². The average Bonchev–Trinajstić information content (AvgIpc) is 3.05. The maximum Gasteiger partial charge on any atom is 0.204 e. The van der Waals surface area contributed by atoms with Crippen LogP contribution in [0, 0.1) is 35.8 Å². The summed E-state index contributed by atoms with van der Waals surface area (Å²) in [6.07, 6.45) is 3.69. The molecule has 0 heterocycles. The van der Waals surface area contributed by atoms with Gasteiger partial charge in [0.15, 0.2) is 16.6 Å². The molecule has 4 rings (SSSR count). The lowest BCUT2D eigenvalue weighted by atomic mass is 10.1. The Kier molecular flexibility index (Phi) is 11.7. The number of ether oxygens (including phenoxy) is 2. The van der Waals surface area contributed by atoms with Gasteiger partial charge in [-0.1, -0.05) is 48.5 Å². The van der Waals surface area contributed by atoms with Gasteiger partial charge in [0.05, 0.1) is 36.4 Å². The molecule has 0 aliphatic heterocycles. The molecule has 0 bridgehead atoms. The van der Waals surface area contributed by atoms with Crippen LogP contribution in [0.15, 0.2) is 84.9 Å². The molecule has 0 spiro atoms. The second kappa shape index (κ2) is 15.9. The predicted molar refractivity (Wildman–Crippen MR) is 190 cm³/mol. The monoisotopic (exact) mass is 654 g/mol. The molecule has 4 aromatic carbocycles. The molecule has 0 N–H and O–H groups in total. The fraction of sp³-hybridized carbons (Fsp3) is 0.263. The smallest absolute Gasteiger partial charge is 0.204 e. The van der Waals surface area contributed by atoms with Gasteiger partial charge >= 0.3 is 0 Å². The lowest BCUT2D eigenvalue weighted by Gasteiger charge is -2.34. The Balaban J connectivity index is 1.30. The van der Waals surface area contributed by atoms with Gasteiger partial charge in [-0.05, 0) is 111 Å². The molecular weight excluding hydrogens is 617 g/mol. The maximum absolute atomic E-state index is 9.38. The van der Waals surface area contributed by atoms with Gasteiger partial charge in [-0.2, -0.15) is 10.5 Å². The molecule has 0 aliphatic rings. The first-order chi connectivity index (χ1) is 22.6. The van der Waals surface area contributed by atoms with Gasteiger partial charge in [-0.15, -0.1) is 0 Å². The summed E-state index contributed by atoms with van der Waals surface area (Å²) in [6.45, 7) is 23.7. The highest BCUT2D eigenvalue weighted by molar-refractivity contribution is 6.84. The second-order valence-corrected chi connectivity index (χ2v) is 21.4. The van der Waals surface area contributed by atoms with E-state index in [-0.39, 0.29) is 0 Å². The van der Waals surface area contributed by atoms with E-state index >= 15 is 0 Å². The fourth-order valence-electron chi connectivity index (χ4n) is 5.66. The Morgan fingerprint density at radius 3 is 1.40 bits per heavy atom. The number of nitriles is 2. The molecule has 0 saturated carbocycles. The quantitative estimate of drug-likeness (QED) is 0.0998. The van der Waals surface area contributed by atoms with Gasteiger partial charge in [0.25, 0.3) is 0 Å². The van der Waals surface area contributed by atoms with Crippen molar-refractivity contribution in [3.8, 4) is 35.1 Å². The zero-order chi connectivity index (χ0) is 33.9. The van der Waals surface area contributed by atoms with Gasteiger partial charge in [0, 0.05) is 0 Å². The van der Waals surface area contributed by atoms with Crippen LogP contribution < -0.4 is 9.47 Å². The van der Waals surface area contributed by atoms with Crippen LogP contribution in [0.25, 0.3) is 9.69 Å². The minimum atomic E-state index is -1.93. The van der Waals surface area contributed by atoms with E-state index < -0.39 is 16.6 Å². The van der Waals surface area contributed by atoms with Gasteiger partial charge in [0.2, 0.25) is 11.4 Å². The Labute approximate surface area is 280 Å². The maximum atomic E-state index is 9.38. The van der Waals surface area contributed by atoms with Crippen molar-refractivity contribution < 1.29 is 13.6 Å². The van der Waals surface area contributed by atoms with Crippen molar-refractivity contribution in [2.45, 2.75) is 64.0 Å². The van der Waals surface area contributed by atoms with Crippen LogP contribution in [-0.4, -0.2) is 16.6 Å². The first-order valence-electron chi connectivity index (χ1n) is 15.6. The topological polar surface area (TPSA) is 84.0 Å². The molecular formula is C38H38N4O3Si2. The molecule has 0 aromatic heterocycles. The fourth-order valence-corrected chi connectivity index (χ4v) is 14.5. The van der Waals surface area contributed by atoms with E-state index in [1.807, 2.05) is 36.4 Å². The lowest BCUT2D eigenvalue weighted by molar-refractivity contribution is 0.474. The first kappa shape index (κ1) is 34.7. The molecule has 0 unspecified atom stereocenters. The summed E-state index contributed by atoms with van der Waals surface area (Å²) in [4.78, 5) is 6.80. The highest BCUT2D eigenvalue weighted by Gasteiger charge is 2.32. The largest absolute Gasteiger partial charge is 0.457 e. The van der Waals surface area contributed by atoms with Gasteiger partial charge in [0.1, 0.15) is 23.0 Å². The number of benzene rings is 4. The van der Waals surface area contributed by atoms with Crippen molar-refractivity contribution in [1.29, 1.82) is 10.5 Å².